The maximum atomic E-state index is 11.1. The Kier molecular flexibility index (Phi) is 30.3. The summed E-state index contributed by atoms with van der Waals surface area (Å²) in [5.74, 6) is -4.68. The summed E-state index contributed by atoms with van der Waals surface area (Å²) in [7, 11) is -45.8. The van der Waals surface area contributed by atoms with Crippen molar-refractivity contribution in [1.82, 2.24) is 39.2 Å². The monoisotopic (exact) mass is 1370 g/mol. The second-order valence-corrected chi connectivity index (χ2v) is 32.4. The lowest BCUT2D eigenvalue weighted by Gasteiger charge is -2.43. The van der Waals surface area contributed by atoms with Crippen molar-refractivity contribution in [3.8, 4) is 0 Å². The zero-order valence-electron chi connectivity index (χ0n) is 41.7. The normalized spacial score (nSPS) is 20.9. The summed E-state index contributed by atoms with van der Waals surface area (Å²) in [6, 6.07) is 0. The van der Waals surface area contributed by atoms with Crippen LogP contribution in [-0.2, 0) is 55.7 Å². The van der Waals surface area contributed by atoms with Gasteiger partial charge in [-0.15, -0.1) is 0 Å². The molecule has 0 saturated carbocycles. The van der Waals surface area contributed by atoms with Crippen LogP contribution in [0.3, 0.4) is 0 Å². The van der Waals surface area contributed by atoms with Gasteiger partial charge in [-0.3, -0.25) is 32.9 Å². The van der Waals surface area contributed by atoms with E-state index in [1.807, 2.05) is 0 Å². The van der Waals surface area contributed by atoms with Crippen LogP contribution in [0, 0.1) is 14.9 Å². The number of aliphatic carboxylic acids is 4. The van der Waals surface area contributed by atoms with E-state index in [4.69, 9.17) is 74.3 Å². The summed E-state index contributed by atoms with van der Waals surface area (Å²) in [4.78, 5) is 203. The van der Waals surface area contributed by atoms with Gasteiger partial charge in [0.25, 0.3) is 5.08 Å². The molecule has 0 aromatic carbocycles. The summed E-state index contributed by atoms with van der Waals surface area (Å²) >= 11 is 0. The second-order valence-electron chi connectivity index (χ2n) is 16.6. The molecule has 44 nitrogen and oxygen atoms in total. The minimum Gasteiger partial charge on any atom is -0.776 e. The largest absolute Gasteiger partial charge is 0.776 e. The van der Waals surface area contributed by atoms with Crippen molar-refractivity contribution in [2.45, 2.75) is 27.8 Å². The molecule has 0 radical (unpaired) electrons. The molecule has 0 amide bonds. The molecule has 52 heteroatoms. The van der Waals surface area contributed by atoms with E-state index in [1.54, 1.807) is 0 Å². The Labute approximate surface area is 468 Å². The molecular formula is C31H61N8O36P8-5. The first kappa shape index (κ1) is 83.4. The van der Waals surface area contributed by atoms with Gasteiger partial charge in [0, 0.05) is 57.0 Å². The van der Waals surface area contributed by atoms with E-state index >= 15 is 0 Å². The maximum Gasteiger partial charge on any atom is 0.371 e. The number of carboxylic acid groups (broad SMARTS) is 4. The van der Waals surface area contributed by atoms with E-state index in [2.05, 4.69) is 0 Å². The van der Waals surface area contributed by atoms with Crippen molar-refractivity contribution >= 4 is 84.6 Å². The summed E-state index contributed by atoms with van der Waals surface area (Å²) in [6.45, 7) is -7.08. The molecule has 0 fully saturated rings. The Bertz CT molecular complexity index is 2320. The van der Waals surface area contributed by atoms with Crippen LogP contribution in [0.5, 0.6) is 0 Å². The predicted molar refractivity (Wildman–Crippen MR) is 265 cm³/mol. The van der Waals surface area contributed by atoms with Crippen LogP contribution in [0.2, 0.25) is 0 Å². The van der Waals surface area contributed by atoms with Crippen LogP contribution in [0.25, 0.3) is 0 Å². The molecular weight excluding hydrogens is 1310 g/mol. The van der Waals surface area contributed by atoms with Gasteiger partial charge in [0.15, 0.2) is 38.0 Å². The van der Waals surface area contributed by atoms with Crippen molar-refractivity contribution < 1.29 is 175 Å². The lowest BCUT2D eigenvalue weighted by molar-refractivity contribution is -0.229. The van der Waals surface area contributed by atoms with Gasteiger partial charge in [0.1, 0.15) is 26.2 Å². The predicted octanol–water partition coefficient (Wildman–Crippen LogP) is -9.15. The summed E-state index contributed by atoms with van der Waals surface area (Å²) in [6.07, 6.45) is 9.45. The van der Waals surface area contributed by atoms with Crippen molar-refractivity contribution in [3.05, 3.63) is 64.5 Å². The number of rotatable bonds is 24. The average Bonchev–Trinajstić information content (AvgIpc) is 4.04. The Morgan fingerprint density at radius 3 is 0.627 bits per heavy atom. The van der Waals surface area contributed by atoms with E-state index in [1.165, 1.54) is 50.6 Å². The van der Waals surface area contributed by atoms with E-state index in [0.29, 0.717) is 0 Å². The molecule has 0 spiro atoms. The average molecular weight is 1370 g/mol. The van der Waals surface area contributed by atoms with Gasteiger partial charge in [-0.1, -0.05) is 7.43 Å². The molecule has 0 bridgehead atoms. The highest BCUT2D eigenvalue weighted by Crippen LogP contribution is 2.68. The SMILES string of the molecule is C.O=C(O)CN1C=CN(CC(O)(P(=O)(O)O)P(=O)(O)O)C1.O=C(O)CN1C=CN(CC(O)(P(=O)([O-])O)P(=O)(O)O)C1.O=C(O)CN1C=CN(CC(O)(P(=O)([O-])O)P(=O)([O-])O)C1.O=C(O)CN1C=CN(CC(O)(P(=O)([O-])O)P(=O)([O-])O)C1.[CH3+].[CH3-]. The highest BCUT2D eigenvalue weighted by molar-refractivity contribution is 7.72. The molecule has 4 heterocycles. The fourth-order valence-corrected chi connectivity index (χ4v) is 14.2. The first-order valence-corrected chi connectivity index (χ1v) is 33.0. The zero-order chi connectivity index (χ0) is 63.1. The topological polar surface area (TPSA) is 730 Å². The van der Waals surface area contributed by atoms with Gasteiger partial charge < -0.3 is 189 Å². The summed E-state index contributed by atoms with van der Waals surface area (Å²) in [5.41, 5.74) is 0. The summed E-state index contributed by atoms with van der Waals surface area (Å²) in [5, 5.41) is 57.8. The maximum absolute atomic E-state index is 11.1. The molecule has 4 aliphatic rings. The van der Waals surface area contributed by atoms with E-state index in [-0.39, 0.29) is 49.0 Å². The smallest absolute Gasteiger partial charge is 0.371 e. The molecule has 6 atom stereocenters. The summed E-state index contributed by atoms with van der Waals surface area (Å²) < 4.78 is 88.4. The first-order chi connectivity index (χ1) is 35.5. The zero-order valence-corrected chi connectivity index (χ0v) is 48.9. The van der Waals surface area contributed by atoms with Gasteiger partial charge >= 0.3 is 46.7 Å². The number of hydrogen-bond acceptors (Lipinski definition) is 29. The van der Waals surface area contributed by atoms with Crippen LogP contribution in [0.1, 0.15) is 7.43 Å². The highest BCUT2D eigenvalue weighted by Gasteiger charge is 2.60. The molecule has 0 aliphatic carbocycles. The minimum absolute atomic E-state index is 0. The Balaban J connectivity index is -0.00000102. The molecule has 4 aliphatic heterocycles. The quantitative estimate of drug-likeness (QED) is 0.0315. The molecule has 486 valence electrons. The molecule has 4 rings (SSSR count). The van der Waals surface area contributed by atoms with Crippen LogP contribution in [0.4, 0.5) is 0 Å². The third-order valence-electron chi connectivity index (χ3n) is 10.1. The molecule has 19 N–H and O–H groups in total. The van der Waals surface area contributed by atoms with Gasteiger partial charge in [0.05, 0.1) is 52.9 Å². The van der Waals surface area contributed by atoms with Crippen LogP contribution >= 0.6 is 60.8 Å². The van der Waals surface area contributed by atoms with Crippen molar-refractivity contribution in [1.29, 1.82) is 0 Å². The molecule has 0 saturated heterocycles. The van der Waals surface area contributed by atoms with Crippen molar-refractivity contribution in [2.75, 3.05) is 79.0 Å². The van der Waals surface area contributed by atoms with Crippen LogP contribution < -0.4 is 24.5 Å². The minimum atomic E-state index is -5.84. The fraction of sp³-hybridized carbons (Fsp3) is 0.548. The third-order valence-corrected chi connectivity index (χ3v) is 24.7. The lowest BCUT2D eigenvalue weighted by Crippen LogP contribution is -2.46. The number of β-amino-alcohol motifs (C(OH)–C–C–N with tert-alkyl or cyclic N) is 4. The second kappa shape index (κ2) is 30.2. The fourth-order valence-electron chi connectivity index (χ4n) is 6.05. The van der Waals surface area contributed by atoms with Gasteiger partial charge in [-0.2, -0.15) is 0 Å². The number of nitrogens with zero attached hydrogens (tertiary/aromatic N) is 8. The molecule has 0 aromatic rings. The highest BCUT2D eigenvalue weighted by atomic mass is 31.3. The number of carboxylic acids is 4. The number of carbonyl (C=O) groups is 4. The standard InChI is InChI=1S/4C7H14N2O9P2.CH4.2CH3/c4*10-6(11)3-8-1-2-9(5-8)4-7(12,19(13,14)15)20(16,17)18;;;/h4*1-2,12H,3-5H2,(H,10,11)(H2,13,14,15)(H2,16,17,18);1H4;2*1H3/q;;;;;-1;+1/p-5. The molecule has 6 unspecified atom stereocenters. The van der Waals surface area contributed by atoms with Gasteiger partial charge in [-0.05, 0) is 0 Å². The lowest BCUT2D eigenvalue weighted by atomic mass is 10.6. The van der Waals surface area contributed by atoms with Gasteiger partial charge in [0.2, 0.25) is 15.2 Å². The molecule has 0 aromatic heterocycles. The first-order valence-electron chi connectivity index (χ1n) is 20.3. The van der Waals surface area contributed by atoms with Crippen molar-refractivity contribution in [3.63, 3.8) is 0 Å². The Morgan fingerprint density at radius 1 is 0.337 bits per heavy atom. The van der Waals surface area contributed by atoms with E-state index in [9.17, 15) is 101 Å². The molecule has 83 heavy (non-hydrogen) atoms. The van der Waals surface area contributed by atoms with E-state index in [0.717, 1.165) is 38.2 Å². The van der Waals surface area contributed by atoms with E-state index < -0.39 is 157 Å². The Morgan fingerprint density at radius 2 is 0.482 bits per heavy atom. The number of hydrogen-bond donors (Lipinski definition) is 19. The van der Waals surface area contributed by atoms with Crippen LogP contribution in [-0.4, -0.2) is 257 Å². The third kappa shape index (κ3) is 23.1. The van der Waals surface area contributed by atoms with Crippen molar-refractivity contribution in [2.24, 2.45) is 0 Å². The number of aliphatic hydroxyl groups is 4. The van der Waals surface area contributed by atoms with Gasteiger partial charge in [-0.25, -0.2) is 0 Å². The van der Waals surface area contributed by atoms with Crippen LogP contribution in [0.15, 0.2) is 49.6 Å². The Hall–Kier alpha value is -3.85.